The molecular weight excluding hydrogens is 624 g/mol. The normalized spacial score (nSPS) is 40.7. The molecule has 1 aliphatic heterocycles. The third kappa shape index (κ3) is 10.2. The second-order valence-electron chi connectivity index (χ2n) is 17.5. The number of ether oxygens (including phenoxy) is 1. The first kappa shape index (κ1) is 39.9. The zero-order valence-electron chi connectivity index (χ0n) is 31.8. The smallest absolute Gasteiger partial charge is 0.173 e. The number of rotatable bonds is 11. The highest BCUT2D eigenvalue weighted by Crippen LogP contribution is 2.49. The molecule has 4 aliphatic carbocycles. The van der Waals surface area contributed by atoms with Crippen molar-refractivity contribution in [1.82, 2.24) is 5.32 Å². The molecule has 1 saturated heterocycles. The first-order valence-corrected chi connectivity index (χ1v) is 21.2. The lowest BCUT2D eigenvalue weighted by molar-refractivity contribution is -0.144. The van der Waals surface area contributed by atoms with Gasteiger partial charge in [-0.1, -0.05) is 83.5 Å². The van der Waals surface area contributed by atoms with Crippen LogP contribution >= 0.6 is 0 Å². The number of carbonyl (C=O) groups excluding carboxylic acids is 2. The van der Waals surface area contributed by atoms with E-state index in [1.807, 2.05) is 0 Å². The van der Waals surface area contributed by atoms with E-state index in [1.54, 1.807) is 7.11 Å². The number of ketones is 2. The standard InChI is InChI=1S/C43H72N2O5/c1-4-6-9-15-35-31(12-7-5-2)23-29(22-28-20-21-45-40(44)25-28)24-33-16-18-34(30-13-10-8-11-14-30)36-27-38(47)39(50-3)26-32(36)17-19-37(46)42(48)43(49)41(33)35/h28-36,38-42,45,47-48H,4-15,17,19-27,44H2,1-3H3. The van der Waals surface area contributed by atoms with Gasteiger partial charge in [0.15, 0.2) is 17.7 Å². The Morgan fingerprint density at radius 1 is 0.840 bits per heavy atom. The van der Waals surface area contributed by atoms with Gasteiger partial charge in [-0.2, -0.15) is 0 Å². The van der Waals surface area contributed by atoms with E-state index in [1.165, 1.54) is 19.3 Å². The van der Waals surface area contributed by atoms with Crippen LogP contribution in [0.1, 0.15) is 149 Å². The summed E-state index contributed by atoms with van der Waals surface area (Å²) in [6.07, 6.45) is 18.6. The largest absolute Gasteiger partial charge is 0.390 e. The number of unbranched alkanes of at least 4 members (excludes halogenated alkanes) is 3. The molecule has 13 atom stereocenters. The average molecular weight is 697 g/mol. The molecule has 1 heterocycles. The molecule has 5 N–H and O–H groups in total. The number of fused-ring (bicyclic) bond motifs is 2. The van der Waals surface area contributed by atoms with Crippen LogP contribution in [0.4, 0.5) is 0 Å². The highest BCUT2D eigenvalue weighted by atomic mass is 16.5. The van der Waals surface area contributed by atoms with Crippen molar-refractivity contribution >= 4 is 11.6 Å². The second kappa shape index (κ2) is 19.7. The Morgan fingerprint density at radius 3 is 2.34 bits per heavy atom. The van der Waals surface area contributed by atoms with Gasteiger partial charge < -0.3 is 26.0 Å². The number of carbonyl (C=O) groups is 2. The number of hydrogen-bond acceptors (Lipinski definition) is 7. The summed E-state index contributed by atoms with van der Waals surface area (Å²) in [6.45, 7) is 5.44. The zero-order chi connectivity index (χ0) is 35.6. The molecule has 0 aromatic heterocycles. The molecule has 5 aliphatic rings. The molecule has 5 rings (SSSR count). The molecule has 50 heavy (non-hydrogen) atoms. The van der Waals surface area contributed by atoms with Gasteiger partial charge in [0.2, 0.25) is 0 Å². The van der Waals surface area contributed by atoms with E-state index in [-0.39, 0.29) is 59.8 Å². The number of nitrogens with two attached hydrogens (primary N) is 1. The Bertz CT molecular complexity index is 1130. The minimum Gasteiger partial charge on any atom is -0.390 e. The Morgan fingerprint density at radius 2 is 1.62 bits per heavy atom. The van der Waals surface area contributed by atoms with E-state index in [2.05, 4.69) is 31.0 Å². The summed E-state index contributed by atoms with van der Waals surface area (Å²) in [5.74, 6) is 9.18. The van der Waals surface area contributed by atoms with Crippen molar-refractivity contribution in [2.75, 3.05) is 13.7 Å². The molecule has 284 valence electrons. The second-order valence-corrected chi connectivity index (χ2v) is 17.5. The third-order valence-electron chi connectivity index (χ3n) is 14.1. The van der Waals surface area contributed by atoms with Crippen molar-refractivity contribution in [2.24, 2.45) is 64.9 Å². The highest BCUT2D eigenvalue weighted by Gasteiger charge is 2.48. The lowest BCUT2D eigenvalue weighted by Crippen LogP contribution is -2.45. The maximum absolute atomic E-state index is 14.8. The van der Waals surface area contributed by atoms with Crippen LogP contribution in [0.15, 0.2) is 0 Å². The van der Waals surface area contributed by atoms with Crippen molar-refractivity contribution in [1.29, 1.82) is 0 Å². The van der Waals surface area contributed by atoms with Gasteiger partial charge in [-0.3, -0.25) is 9.59 Å². The van der Waals surface area contributed by atoms with Gasteiger partial charge in [0.05, 0.1) is 18.4 Å². The van der Waals surface area contributed by atoms with E-state index in [4.69, 9.17) is 10.5 Å². The van der Waals surface area contributed by atoms with Crippen LogP contribution in [0.5, 0.6) is 0 Å². The molecular formula is C43H72N2O5. The highest BCUT2D eigenvalue weighted by molar-refractivity contribution is 6.06. The number of piperidine rings is 1. The first-order chi connectivity index (χ1) is 24.2. The van der Waals surface area contributed by atoms with Crippen molar-refractivity contribution in [2.45, 2.75) is 173 Å². The van der Waals surface area contributed by atoms with Gasteiger partial charge in [0.1, 0.15) is 0 Å². The van der Waals surface area contributed by atoms with E-state index in [0.29, 0.717) is 42.9 Å². The fourth-order valence-corrected chi connectivity index (χ4v) is 11.5. The summed E-state index contributed by atoms with van der Waals surface area (Å²) in [5.41, 5.74) is 6.40. The van der Waals surface area contributed by atoms with E-state index in [0.717, 1.165) is 96.4 Å². The number of aliphatic hydroxyl groups is 2. The molecule has 7 heteroatoms. The molecule has 0 spiro atoms. The number of aliphatic hydroxyl groups excluding tert-OH is 2. The Hall–Kier alpha value is -1.30. The predicted octanol–water partition coefficient (Wildman–Crippen LogP) is 7.20. The first-order valence-electron chi connectivity index (χ1n) is 21.2. The predicted molar refractivity (Wildman–Crippen MR) is 200 cm³/mol. The summed E-state index contributed by atoms with van der Waals surface area (Å²) in [6, 6.07) is 0. The topological polar surface area (TPSA) is 122 Å². The van der Waals surface area contributed by atoms with Gasteiger partial charge in [-0.05, 0) is 119 Å². The van der Waals surface area contributed by atoms with Gasteiger partial charge in [0, 0.05) is 31.3 Å². The molecule has 7 nitrogen and oxygen atoms in total. The number of methoxy groups -OCH3 is 1. The maximum atomic E-state index is 14.8. The fraction of sp³-hybridized carbons (Fsp3) is 0.907. The summed E-state index contributed by atoms with van der Waals surface area (Å²) in [7, 11) is 1.67. The monoisotopic (exact) mass is 697 g/mol. The van der Waals surface area contributed by atoms with Crippen molar-refractivity contribution in [3.8, 4) is 11.8 Å². The quantitative estimate of drug-likeness (QED) is 0.102. The van der Waals surface area contributed by atoms with Gasteiger partial charge in [-0.25, -0.2) is 0 Å². The minimum absolute atomic E-state index is 0.0431. The van der Waals surface area contributed by atoms with Crippen LogP contribution < -0.4 is 11.1 Å². The zero-order valence-corrected chi connectivity index (χ0v) is 31.8. The van der Waals surface area contributed by atoms with Crippen molar-refractivity contribution in [3.05, 3.63) is 0 Å². The molecule has 0 aromatic rings. The maximum Gasteiger partial charge on any atom is 0.173 e. The summed E-state index contributed by atoms with van der Waals surface area (Å²) in [5, 5.41) is 26.3. The van der Waals surface area contributed by atoms with Crippen LogP contribution in [0, 0.1) is 71.0 Å². The molecule has 13 unspecified atom stereocenters. The van der Waals surface area contributed by atoms with Crippen LogP contribution in [0.25, 0.3) is 0 Å². The van der Waals surface area contributed by atoms with E-state index < -0.39 is 18.1 Å². The summed E-state index contributed by atoms with van der Waals surface area (Å²) >= 11 is 0. The Labute approximate surface area is 304 Å². The van der Waals surface area contributed by atoms with Crippen LogP contribution in [-0.4, -0.2) is 59.9 Å². The lowest BCUT2D eigenvalue weighted by Gasteiger charge is -2.44. The van der Waals surface area contributed by atoms with Crippen LogP contribution in [-0.2, 0) is 14.3 Å². The van der Waals surface area contributed by atoms with Crippen LogP contribution in [0.3, 0.4) is 0 Å². The summed E-state index contributed by atoms with van der Waals surface area (Å²) < 4.78 is 5.74. The molecule has 0 amide bonds. The van der Waals surface area contributed by atoms with Crippen LogP contribution in [0.2, 0.25) is 0 Å². The summed E-state index contributed by atoms with van der Waals surface area (Å²) in [4.78, 5) is 28.6. The number of Topliss-reactive ketones (excluding diaryl/α,β-unsaturated/α-hetero) is 2. The van der Waals surface area contributed by atoms with E-state index in [9.17, 15) is 19.8 Å². The van der Waals surface area contributed by atoms with Gasteiger partial charge in [0.25, 0.3) is 0 Å². The Balaban J connectivity index is 1.59. The van der Waals surface area contributed by atoms with Crippen molar-refractivity contribution < 1.29 is 24.5 Å². The lowest BCUT2D eigenvalue weighted by atomic mass is 9.63. The van der Waals surface area contributed by atoms with Gasteiger partial charge in [-0.15, -0.1) is 0 Å². The fourth-order valence-electron chi connectivity index (χ4n) is 11.5. The molecule has 0 bridgehead atoms. The van der Waals surface area contributed by atoms with E-state index >= 15 is 0 Å². The third-order valence-corrected chi connectivity index (χ3v) is 14.1. The van der Waals surface area contributed by atoms with Gasteiger partial charge >= 0.3 is 0 Å². The number of hydrogen-bond donors (Lipinski definition) is 4. The Kier molecular flexibility index (Phi) is 15.7. The number of nitrogens with one attached hydrogen (secondary N) is 1. The molecule has 0 aromatic carbocycles. The average Bonchev–Trinajstić information content (AvgIpc) is 3.25. The van der Waals surface area contributed by atoms with Crippen molar-refractivity contribution in [3.63, 3.8) is 0 Å². The minimum atomic E-state index is -1.58. The SMILES string of the molecule is CCCCCC1C(CCCC)CC(CC2CCNC(N)C2)CC2C#CC(C3CCCCC3)C3CC(O)C(OC)CC3CCC(=O)C(O)C(=O)C21. The molecule has 4 fully saturated rings. The molecule has 3 saturated carbocycles. The molecule has 0 radical (unpaired) electrons.